The molecule has 1 aromatic carbocycles. The minimum atomic E-state index is -0.254. The van der Waals surface area contributed by atoms with Crippen LogP contribution in [0.4, 0.5) is 0 Å². The van der Waals surface area contributed by atoms with Gasteiger partial charge in [0.05, 0.1) is 6.61 Å². The third kappa shape index (κ3) is 4.23. The Morgan fingerprint density at radius 2 is 1.88 bits per heavy atom. The standard InChI is InChI=1S/C18H22N2O4/c1-12-16(15(21)11-24-14-7-5-4-6-8-14)13(2)20-17(12)18(22)19-9-10-23-3/h4-8,20H,9-11H2,1-3H3,(H,19,22). The van der Waals surface area contributed by atoms with Gasteiger partial charge >= 0.3 is 0 Å². The van der Waals surface area contributed by atoms with Gasteiger partial charge in [-0.05, 0) is 31.5 Å². The number of hydrogen-bond donors (Lipinski definition) is 2. The molecule has 0 fully saturated rings. The second-order valence-electron chi connectivity index (χ2n) is 5.40. The number of methoxy groups -OCH3 is 1. The summed E-state index contributed by atoms with van der Waals surface area (Å²) in [6.45, 7) is 4.29. The molecule has 0 bridgehead atoms. The van der Waals surface area contributed by atoms with E-state index in [1.165, 1.54) is 0 Å². The van der Waals surface area contributed by atoms with Gasteiger partial charge in [-0.2, -0.15) is 0 Å². The lowest BCUT2D eigenvalue weighted by atomic mass is 10.1. The minimum absolute atomic E-state index is 0.0751. The molecule has 0 radical (unpaired) electrons. The Morgan fingerprint density at radius 1 is 1.17 bits per heavy atom. The highest BCUT2D eigenvalue weighted by Gasteiger charge is 2.22. The fourth-order valence-electron chi connectivity index (χ4n) is 2.49. The summed E-state index contributed by atoms with van der Waals surface area (Å²) < 4.78 is 10.4. The van der Waals surface area contributed by atoms with Crippen molar-refractivity contribution in [3.8, 4) is 5.75 Å². The molecule has 128 valence electrons. The summed E-state index contributed by atoms with van der Waals surface area (Å²) in [6, 6.07) is 9.14. The van der Waals surface area contributed by atoms with Crippen molar-refractivity contribution in [2.24, 2.45) is 0 Å². The lowest BCUT2D eigenvalue weighted by molar-refractivity contribution is 0.0920. The zero-order valence-electron chi connectivity index (χ0n) is 14.1. The van der Waals surface area contributed by atoms with E-state index in [1.807, 2.05) is 18.2 Å². The van der Waals surface area contributed by atoms with Crippen molar-refractivity contribution in [1.29, 1.82) is 0 Å². The van der Waals surface area contributed by atoms with E-state index in [-0.39, 0.29) is 18.3 Å². The SMILES string of the molecule is COCCNC(=O)c1[nH]c(C)c(C(=O)COc2ccccc2)c1C. The van der Waals surface area contributed by atoms with Gasteiger partial charge in [0.1, 0.15) is 11.4 Å². The van der Waals surface area contributed by atoms with Crippen molar-refractivity contribution in [3.63, 3.8) is 0 Å². The van der Waals surface area contributed by atoms with Gasteiger partial charge in [-0.1, -0.05) is 18.2 Å². The zero-order chi connectivity index (χ0) is 17.5. The number of nitrogens with one attached hydrogen (secondary N) is 2. The molecule has 1 aromatic heterocycles. The first-order chi connectivity index (χ1) is 11.5. The lowest BCUT2D eigenvalue weighted by Gasteiger charge is -2.06. The maximum absolute atomic E-state index is 12.5. The predicted molar refractivity (Wildman–Crippen MR) is 90.7 cm³/mol. The van der Waals surface area contributed by atoms with Crippen molar-refractivity contribution < 1.29 is 19.1 Å². The molecule has 1 heterocycles. The third-order valence-corrected chi connectivity index (χ3v) is 3.65. The molecule has 2 rings (SSSR count). The van der Waals surface area contributed by atoms with Gasteiger partial charge in [0, 0.05) is 24.9 Å². The highest BCUT2D eigenvalue weighted by Crippen LogP contribution is 2.19. The van der Waals surface area contributed by atoms with Crippen LogP contribution in [0.15, 0.2) is 30.3 Å². The van der Waals surface area contributed by atoms with Crippen molar-refractivity contribution in [3.05, 3.63) is 52.8 Å². The Morgan fingerprint density at radius 3 is 2.54 bits per heavy atom. The number of ketones is 1. The summed E-state index contributed by atoms with van der Waals surface area (Å²) in [6.07, 6.45) is 0. The van der Waals surface area contributed by atoms with Gasteiger partial charge in [0.15, 0.2) is 6.61 Å². The maximum Gasteiger partial charge on any atom is 0.268 e. The van der Waals surface area contributed by atoms with E-state index >= 15 is 0 Å². The smallest absolute Gasteiger partial charge is 0.268 e. The van der Waals surface area contributed by atoms with Crippen LogP contribution in [-0.2, 0) is 4.74 Å². The van der Waals surface area contributed by atoms with E-state index in [9.17, 15) is 9.59 Å². The molecule has 2 N–H and O–H groups in total. The molecular formula is C18H22N2O4. The Hall–Kier alpha value is -2.60. The van der Waals surface area contributed by atoms with E-state index in [0.29, 0.717) is 41.4 Å². The van der Waals surface area contributed by atoms with Crippen molar-refractivity contribution in [2.75, 3.05) is 26.9 Å². The molecule has 0 aliphatic carbocycles. The van der Waals surface area contributed by atoms with Crippen LogP contribution >= 0.6 is 0 Å². The second-order valence-corrected chi connectivity index (χ2v) is 5.40. The van der Waals surface area contributed by atoms with Gasteiger partial charge in [0.2, 0.25) is 5.78 Å². The molecule has 0 saturated heterocycles. The number of hydrogen-bond acceptors (Lipinski definition) is 4. The summed E-state index contributed by atoms with van der Waals surface area (Å²) in [5.41, 5.74) is 2.18. The van der Waals surface area contributed by atoms with Gasteiger partial charge in [-0.15, -0.1) is 0 Å². The number of aromatic nitrogens is 1. The highest BCUT2D eigenvalue weighted by molar-refractivity contribution is 6.04. The Bertz CT molecular complexity index is 707. The topological polar surface area (TPSA) is 80.4 Å². The molecule has 6 nitrogen and oxygen atoms in total. The molecule has 0 unspecified atom stereocenters. The zero-order valence-corrected chi connectivity index (χ0v) is 14.1. The summed E-state index contributed by atoms with van der Waals surface area (Å²) in [7, 11) is 1.57. The average Bonchev–Trinajstić information content (AvgIpc) is 2.88. The monoisotopic (exact) mass is 330 g/mol. The van der Waals surface area contributed by atoms with E-state index in [4.69, 9.17) is 9.47 Å². The molecular weight excluding hydrogens is 308 g/mol. The molecule has 24 heavy (non-hydrogen) atoms. The van der Waals surface area contributed by atoms with E-state index in [2.05, 4.69) is 10.3 Å². The fourth-order valence-corrected chi connectivity index (χ4v) is 2.49. The van der Waals surface area contributed by atoms with Crippen molar-refractivity contribution in [1.82, 2.24) is 10.3 Å². The van der Waals surface area contributed by atoms with E-state index in [1.54, 1.807) is 33.1 Å². The van der Waals surface area contributed by atoms with Crippen molar-refractivity contribution >= 4 is 11.7 Å². The Balaban J connectivity index is 2.07. The number of Topliss-reactive ketones (excluding diaryl/α,β-unsaturated/α-hetero) is 1. The number of benzene rings is 1. The lowest BCUT2D eigenvalue weighted by Crippen LogP contribution is -2.27. The number of amides is 1. The number of ether oxygens (including phenoxy) is 2. The third-order valence-electron chi connectivity index (χ3n) is 3.65. The average molecular weight is 330 g/mol. The molecule has 6 heteroatoms. The van der Waals surface area contributed by atoms with Crippen LogP contribution < -0.4 is 10.1 Å². The fraction of sp³-hybridized carbons (Fsp3) is 0.333. The van der Waals surface area contributed by atoms with Crippen LogP contribution in [0.5, 0.6) is 5.75 Å². The number of carbonyl (C=O) groups excluding carboxylic acids is 2. The molecule has 0 atom stereocenters. The summed E-state index contributed by atoms with van der Waals surface area (Å²) in [5, 5.41) is 2.74. The van der Waals surface area contributed by atoms with Gasteiger partial charge in [-0.3, -0.25) is 9.59 Å². The van der Waals surface area contributed by atoms with Crippen LogP contribution in [0.2, 0.25) is 0 Å². The number of para-hydroxylation sites is 1. The molecule has 0 saturated carbocycles. The number of H-pyrrole nitrogens is 1. The van der Waals surface area contributed by atoms with E-state index < -0.39 is 0 Å². The number of aryl methyl sites for hydroxylation is 1. The van der Waals surface area contributed by atoms with Crippen LogP contribution in [-0.4, -0.2) is 43.5 Å². The van der Waals surface area contributed by atoms with Crippen LogP contribution in [0.1, 0.15) is 32.1 Å². The summed E-state index contributed by atoms with van der Waals surface area (Å²) in [5.74, 6) is 0.214. The predicted octanol–water partition coefficient (Wildman–Crippen LogP) is 2.27. The van der Waals surface area contributed by atoms with Crippen molar-refractivity contribution in [2.45, 2.75) is 13.8 Å². The number of carbonyl (C=O) groups is 2. The first kappa shape index (κ1) is 17.7. The summed E-state index contributed by atoms with van der Waals surface area (Å²) >= 11 is 0. The molecule has 1 amide bonds. The first-order valence-corrected chi connectivity index (χ1v) is 7.72. The van der Waals surface area contributed by atoms with Gasteiger partial charge in [0.25, 0.3) is 5.91 Å². The largest absolute Gasteiger partial charge is 0.485 e. The molecule has 0 spiro atoms. The molecule has 0 aliphatic heterocycles. The van der Waals surface area contributed by atoms with Gasteiger partial charge in [-0.25, -0.2) is 0 Å². The Labute approximate surface area is 141 Å². The first-order valence-electron chi connectivity index (χ1n) is 7.72. The van der Waals surface area contributed by atoms with E-state index in [0.717, 1.165) is 0 Å². The van der Waals surface area contributed by atoms with Gasteiger partial charge < -0.3 is 19.8 Å². The summed E-state index contributed by atoms with van der Waals surface area (Å²) in [4.78, 5) is 27.6. The number of aromatic amines is 1. The molecule has 2 aromatic rings. The Kier molecular flexibility index (Phi) is 6.14. The normalized spacial score (nSPS) is 10.5. The van der Waals surface area contributed by atoms with Crippen LogP contribution in [0.3, 0.4) is 0 Å². The maximum atomic E-state index is 12.5. The van der Waals surface area contributed by atoms with Crippen LogP contribution in [0, 0.1) is 13.8 Å². The quantitative estimate of drug-likeness (QED) is 0.575. The second kappa shape index (κ2) is 8.31. The van der Waals surface area contributed by atoms with Crippen LogP contribution in [0.25, 0.3) is 0 Å². The highest BCUT2D eigenvalue weighted by atomic mass is 16.5. The minimum Gasteiger partial charge on any atom is -0.485 e. The molecule has 0 aliphatic rings. The number of rotatable bonds is 8.